The highest BCUT2D eigenvalue weighted by molar-refractivity contribution is 7.22. The highest BCUT2D eigenvalue weighted by Crippen LogP contribution is 2.33. The standard InChI is InChI=1S/C19H14N4O5S/c1-27-13-5-6-14-16(10-13)29-19(21-14)22(11-12-4-2-3-9-20-12)18(24)15-7-8-17(28-15)23(25)26/h2-10H,11H2,1H3. The van der Waals surface area contributed by atoms with Crippen LogP contribution in [0.1, 0.15) is 16.2 Å². The van der Waals surface area contributed by atoms with Gasteiger partial charge in [0.1, 0.15) is 10.7 Å². The lowest BCUT2D eigenvalue weighted by atomic mass is 10.3. The van der Waals surface area contributed by atoms with Crippen molar-refractivity contribution in [3.63, 3.8) is 0 Å². The normalized spacial score (nSPS) is 10.8. The number of rotatable bonds is 6. The van der Waals surface area contributed by atoms with Gasteiger partial charge in [-0.05, 0) is 36.4 Å². The zero-order valence-corrected chi connectivity index (χ0v) is 16.0. The van der Waals surface area contributed by atoms with Crippen LogP contribution in [0, 0.1) is 10.1 Å². The van der Waals surface area contributed by atoms with Crippen LogP contribution in [0.2, 0.25) is 0 Å². The minimum absolute atomic E-state index is 0.130. The lowest BCUT2D eigenvalue weighted by Crippen LogP contribution is -2.30. The molecular weight excluding hydrogens is 396 g/mol. The number of furan rings is 1. The van der Waals surface area contributed by atoms with Gasteiger partial charge in [-0.2, -0.15) is 0 Å². The molecule has 0 aliphatic rings. The summed E-state index contributed by atoms with van der Waals surface area (Å²) in [7, 11) is 1.57. The molecule has 9 nitrogen and oxygen atoms in total. The molecule has 0 spiro atoms. The van der Waals surface area contributed by atoms with Crippen LogP contribution in [0.4, 0.5) is 11.0 Å². The molecule has 29 heavy (non-hydrogen) atoms. The van der Waals surface area contributed by atoms with E-state index in [9.17, 15) is 14.9 Å². The van der Waals surface area contributed by atoms with Gasteiger partial charge in [-0.3, -0.25) is 24.8 Å². The minimum Gasteiger partial charge on any atom is -0.497 e. The van der Waals surface area contributed by atoms with Crippen molar-refractivity contribution in [3.05, 3.63) is 76.3 Å². The van der Waals surface area contributed by atoms with Crippen molar-refractivity contribution in [2.45, 2.75) is 6.54 Å². The zero-order chi connectivity index (χ0) is 20.4. The molecule has 3 aromatic heterocycles. The van der Waals surface area contributed by atoms with Crippen molar-refractivity contribution in [1.29, 1.82) is 0 Å². The molecule has 4 aromatic rings. The maximum absolute atomic E-state index is 13.1. The Balaban J connectivity index is 1.75. The Morgan fingerprint density at radius 1 is 1.28 bits per heavy atom. The lowest BCUT2D eigenvalue weighted by Gasteiger charge is -2.18. The largest absolute Gasteiger partial charge is 0.497 e. The van der Waals surface area contributed by atoms with E-state index in [1.54, 1.807) is 37.6 Å². The molecule has 146 valence electrons. The third-order valence-electron chi connectivity index (χ3n) is 4.09. The van der Waals surface area contributed by atoms with E-state index in [2.05, 4.69) is 9.97 Å². The monoisotopic (exact) mass is 410 g/mol. The van der Waals surface area contributed by atoms with Gasteiger partial charge in [-0.25, -0.2) is 4.98 Å². The molecule has 0 N–H and O–H groups in total. The molecule has 0 fully saturated rings. The molecule has 10 heteroatoms. The first-order valence-corrected chi connectivity index (χ1v) is 9.27. The highest BCUT2D eigenvalue weighted by atomic mass is 32.1. The Kier molecular flexibility index (Phi) is 4.92. The van der Waals surface area contributed by atoms with Gasteiger partial charge in [0.25, 0.3) is 5.91 Å². The number of aromatic nitrogens is 2. The smallest absolute Gasteiger partial charge is 0.433 e. The van der Waals surface area contributed by atoms with Gasteiger partial charge in [0.2, 0.25) is 0 Å². The number of nitrogens with zero attached hydrogens (tertiary/aromatic N) is 4. The number of amides is 1. The molecule has 0 radical (unpaired) electrons. The number of fused-ring (bicyclic) bond motifs is 1. The van der Waals surface area contributed by atoms with E-state index in [0.717, 1.165) is 10.8 Å². The van der Waals surface area contributed by atoms with Crippen LogP contribution in [-0.4, -0.2) is 27.9 Å². The summed E-state index contributed by atoms with van der Waals surface area (Å²) in [4.78, 5) is 33.5. The molecule has 3 heterocycles. The second kappa shape index (κ2) is 7.68. The minimum atomic E-state index is -0.691. The quantitative estimate of drug-likeness (QED) is 0.348. The number of benzene rings is 1. The summed E-state index contributed by atoms with van der Waals surface area (Å²) in [6.07, 6.45) is 1.62. The summed E-state index contributed by atoms with van der Waals surface area (Å²) in [5, 5.41) is 11.3. The second-order valence-corrected chi connectivity index (χ2v) is 6.95. The summed E-state index contributed by atoms with van der Waals surface area (Å²) in [5.41, 5.74) is 1.34. The molecule has 0 unspecified atom stereocenters. The van der Waals surface area contributed by atoms with Crippen molar-refractivity contribution >= 4 is 38.5 Å². The van der Waals surface area contributed by atoms with Crippen LogP contribution >= 0.6 is 11.3 Å². The number of hydrogen-bond acceptors (Lipinski definition) is 8. The van der Waals surface area contributed by atoms with Crippen LogP contribution < -0.4 is 9.64 Å². The van der Waals surface area contributed by atoms with Crippen LogP contribution in [0.3, 0.4) is 0 Å². The van der Waals surface area contributed by atoms with Gasteiger partial charge < -0.3 is 9.15 Å². The third-order valence-corrected chi connectivity index (χ3v) is 5.13. The lowest BCUT2D eigenvalue weighted by molar-refractivity contribution is -0.402. The first-order valence-electron chi connectivity index (χ1n) is 8.46. The predicted octanol–water partition coefficient (Wildman–Crippen LogP) is 4.05. The Morgan fingerprint density at radius 3 is 2.83 bits per heavy atom. The second-order valence-electron chi connectivity index (χ2n) is 5.94. The van der Waals surface area contributed by atoms with Crippen LogP contribution in [0.25, 0.3) is 10.2 Å². The van der Waals surface area contributed by atoms with E-state index < -0.39 is 16.7 Å². The number of carbonyl (C=O) groups is 1. The SMILES string of the molecule is COc1ccc2nc(N(Cc3ccccn3)C(=O)c3ccc([N+](=O)[O-])o3)sc2c1. The van der Waals surface area contributed by atoms with E-state index in [1.165, 1.54) is 22.3 Å². The Hall–Kier alpha value is -3.79. The maximum atomic E-state index is 13.1. The fraction of sp³-hybridized carbons (Fsp3) is 0.105. The Morgan fingerprint density at radius 2 is 2.14 bits per heavy atom. The summed E-state index contributed by atoms with van der Waals surface area (Å²) >= 11 is 1.30. The van der Waals surface area contributed by atoms with Gasteiger partial charge in [0, 0.05) is 6.20 Å². The number of thiazole rings is 1. The molecule has 0 saturated carbocycles. The fourth-order valence-electron chi connectivity index (χ4n) is 2.69. The number of pyridine rings is 1. The number of nitro groups is 1. The number of methoxy groups -OCH3 is 1. The molecule has 0 aliphatic heterocycles. The average molecular weight is 410 g/mol. The molecule has 1 aromatic carbocycles. The number of anilines is 1. The third kappa shape index (κ3) is 3.78. The average Bonchev–Trinajstić information content (AvgIpc) is 3.39. The summed E-state index contributed by atoms with van der Waals surface area (Å²) in [6, 6.07) is 13.2. The molecule has 0 saturated heterocycles. The van der Waals surface area contributed by atoms with Gasteiger partial charge >= 0.3 is 5.88 Å². The van der Waals surface area contributed by atoms with Crippen LogP contribution in [0.5, 0.6) is 5.75 Å². The maximum Gasteiger partial charge on any atom is 0.433 e. The summed E-state index contributed by atoms with van der Waals surface area (Å²) in [6.45, 7) is 0.130. The summed E-state index contributed by atoms with van der Waals surface area (Å²) in [5.74, 6) is -0.517. The molecule has 0 atom stereocenters. The van der Waals surface area contributed by atoms with E-state index >= 15 is 0 Å². The Labute approximate surface area is 168 Å². The number of hydrogen-bond donors (Lipinski definition) is 0. The van der Waals surface area contributed by atoms with Crippen LogP contribution in [0.15, 0.2) is 59.1 Å². The first kappa shape index (κ1) is 18.6. The number of ether oxygens (including phenoxy) is 1. The molecule has 4 rings (SSSR count). The van der Waals surface area contributed by atoms with Crippen LogP contribution in [-0.2, 0) is 6.54 Å². The van der Waals surface area contributed by atoms with Crippen molar-refractivity contribution < 1.29 is 18.9 Å². The van der Waals surface area contributed by atoms with Gasteiger partial charge in [0.15, 0.2) is 10.9 Å². The highest BCUT2D eigenvalue weighted by Gasteiger charge is 2.26. The molecule has 0 aliphatic carbocycles. The molecular formula is C19H14N4O5S. The van der Waals surface area contributed by atoms with Gasteiger partial charge in [-0.1, -0.05) is 17.4 Å². The number of carbonyl (C=O) groups excluding carboxylic acids is 1. The van der Waals surface area contributed by atoms with Crippen molar-refractivity contribution in [3.8, 4) is 5.75 Å². The van der Waals surface area contributed by atoms with Crippen molar-refractivity contribution in [1.82, 2.24) is 9.97 Å². The van der Waals surface area contributed by atoms with E-state index in [-0.39, 0.29) is 12.3 Å². The first-order chi connectivity index (χ1) is 14.0. The predicted molar refractivity (Wildman–Crippen MR) is 106 cm³/mol. The summed E-state index contributed by atoms with van der Waals surface area (Å²) < 4.78 is 11.2. The van der Waals surface area contributed by atoms with Gasteiger partial charge in [0.05, 0.1) is 35.6 Å². The van der Waals surface area contributed by atoms with Gasteiger partial charge in [-0.15, -0.1) is 0 Å². The Bertz CT molecular complexity index is 1190. The van der Waals surface area contributed by atoms with Crippen molar-refractivity contribution in [2.24, 2.45) is 0 Å². The van der Waals surface area contributed by atoms with E-state index in [1.807, 2.05) is 12.1 Å². The molecule has 0 bridgehead atoms. The molecule has 1 amide bonds. The van der Waals surface area contributed by atoms with E-state index in [0.29, 0.717) is 22.1 Å². The topological polar surface area (TPSA) is 112 Å². The zero-order valence-electron chi connectivity index (χ0n) is 15.1. The van der Waals surface area contributed by atoms with E-state index in [4.69, 9.17) is 9.15 Å². The van der Waals surface area contributed by atoms with Crippen molar-refractivity contribution in [2.75, 3.05) is 12.0 Å². The fourth-order valence-corrected chi connectivity index (χ4v) is 3.68.